The van der Waals surface area contributed by atoms with Gasteiger partial charge in [0.2, 0.25) is 0 Å². The van der Waals surface area contributed by atoms with Crippen molar-refractivity contribution in [2.24, 2.45) is 5.73 Å². The summed E-state index contributed by atoms with van der Waals surface area (Å²) in [6.07, 6.45) is 2.79. The van der Waals surface area contributed by atoms with Gasteiger partial charge in [-0.2, -0.15) is 5.26 Å². The minimum atomic E-state index is -0.295. The molecule has 4 rings (SSSR count). The van der Waals surface area contributed by atoms with E-state index in [1.54, 1.807) is 36.5 Å². The van der Waals surface area contributed by atoms with Crippen LogP contribution in [0.3, 0.4) is 0 Å². The second-order valence-corrected chi connectivity index (χ2v) is 8.38. The quantitative estimate of drug-likeness (QED) is 0.304. The first kappa shape index (κ1) is 25.5. The lowest BCUT2D eigenvalue weighted by Gasteiger charge is -2.14. The van der Waals surface area contributed by atoms with Crippen molar-refractivity contribution in [2.75, 3.05) is 18.4 Å². The maximum atomic E-state index is 13.6. The van der Waals surface area contributed by atoms with Crippen molar-refractivity contribution in [1.82, 2.24) is 15.3 Å². The molecular formula is C29H27FN6O. The van der Waals surface area contributed by atoms with Crippen LogP contribution >= 0.6 is 0 Å². The average molecular weight is 495 g/mol. The molecule has 0 spiro atoms. The zero-order chi connectivity index (χ0) is 26.0. The van der Waals surface area contributed by atoms with Gasteiger partial charge in [0.15, 0.2) is 0 Å². The number of carbonyl (C=O) groups excluding carboxylic acids is 1. The van der Waals surface area contributed by atoms with Gasteiger partial charge in [-0.15, -0.1) is 0 Å². The van der Waals surface area contributed by atoms with Crippen molar-refractivity contribution in [1.29, 1.82) is 5.26 Å². The second kappa shape index (κ2) is 12.4. The van der Waals surface area contributed by atoms with E-state index >= 15 is 0 Å². The number of nitrogens with two attached hydrogens (primary N) is 1. The Morgan fingerprint density at radius 1 is 1.00 bits per heavy atom. The topological polar surface area (TPSA) is 117 Å². The highest BCUT2D eigenvalue weighted by Crippen LogP contribution is 2.25. The van der Waals surface area contributed by atoms with Crippen LogP contribution in [-0.2, 0) is 19.4 Å². The van der Waals surface area contributed by atoms with Crippen LogP contribution in [0.2, 0.25) is 0 Å². The Labute approximate surface area is 215 Å². The van der Waals surface area contributed by atoms with Crippen molar-refractivity contribution in [3.8, 4) is 17.3 Å². The lowest BCUT2D eigenvalue weighted by Crippen LogP contribution is -2.27. The molecule has 37 heavy (non-hydrogen) atoms. The minimum Gasteiger partial charge on any atom is -0.369 e. The van der Waals surface area contributed by atoms with Gasteiger partial charge in [-0.25, -0.2) is 9.37 Å². The van der Waals surface area contributed by atoms with Gasteiger partial charge in [0, 0.05) is 43.5 Å². The van der Waals surface area contributed by atoms with Crippen molar-refractivity contribution >= 4 is 11.7 Å². The first-order valence-electron chi connectivity index (χ1n) is 12.0. The van der Waals surface area contributed by atoms with Gasteiger partial charge in [0.25, 0.3) is 5.91 Å². The van der Waals surface area contributed by atoms with Gasteiger partial charge in [0.05, 0.1) is 22.9 Å². The first-order valence-corrected chi connectivity index (χ1v) is 12.0. The summed E-state index contributed by atoms with van der Waals surface area (Å²) in [7, 11) is 0. The number of halogens is 1. The summed E-state index contributed by atoms with van der Waals surface area (Å²) in [5.74, 6) is -0.192. The lowest BCUT2D eigenvalue weighted by molar-refractivity contribution is 0.0954. The number of nitriles is 1. The predicted octanol–water partition coefficient (Wildman–Crippen LogP) is 4.24. The molecule has 0 aliphatic rings. The molecule has 0 aliphatic heterocycles. The third-order valence-electron chi connectivity index (χ3n) is 5.91. The predicted molar refractivity (Wildman–Crippen MR) is 141 cm³/mol. The molecule has 0 fully saturated rings. The van der Waals surface area contributed by atoms with Gasteiger partial charge >= 0.3 is 0 Å². The number of carbonyl (C=O) groups is 1. The van der Waals surface area contributed by atoms with Gasteiger partial charge < -0.3 is 16.4 Å². The number of anilines is 1. The third kappa shape index (κ3) is 6.54. The highest BCUT2D eigenvalue weighted by molar-refractivity contribution is 5.99. The Balaban J connectivity index is 1.53. The van der Waals surface area contributed by atoms with Crippen molar-refractivity contribution < 1.29 is 9.18 Å². The third-order valence-corrected chi connectivity index (χ3v) is 5.91. The van der Waals surface area contributed by atoms with Crippen molar-refractivity contribution in [3.05, 3.63) is 113 Å². The molecular weight excluding hydrogens is 467 g/mol. The number of rotatable bonds is 10. The largest absolute Gasteiger partial charge is 0.369 e. The zero-order valence-electron chi connectivity index (χ0n) is 20.2. The molecule has 0 unspecified atom stereocenters. The zero-order valence-corrected chi connectivity index (χ0v) is 20.2. The number of hydrogen-bond acceptors (Lipinski definition) is 6. The molecule has 2 aromatic heterocycles. The number of amides is 1. The number of pyridine rings is 2. The van der Waals surface area contributed by atoms with Gasteiger partial charge in [0.1, 0.15) is 11.6 Å². The smallest absolute Gasteiger partial charge is 0.255 e. The molecule has 4 aromatic rings. The average Bonchev–Trinajstić information content (AvgIpc) is 2.93. The number of benzene rings is 2. The molecule has 7 nitrogen and oxygen atoms in total. The molecule has 8 heteroatoms. The summed E-state index contributed by atoms with van der Waals surface area (Å²) in [4.78, 5) is 22.2. The Hall–Kier alpha value is -4.61. The summed E-state index contributed by atoms with van der Waals surface area (Å²) in [5.41, 5.74) is 10.5. The van der Waals surface area contributed by atoms with Crippen molar-refractivity contribution in [3.63, 3.8) is 0 Å². The van der Waals surface area contributed by atoms with Crippen LogP contribution in [0.1, 0.15) is 32.7 Å². The Kier molecular flexibility index (Phi) is 8.53. The van der Waals surface area contributed by atoms with E-state index in [0.29, 0.717) is 60.7 Å². The second-order valence-electron chi connectivity index (χ2n) is 8.38. The van der Waals surface area contributed by atoms with E-state index in [0.717, 1.165) is 16.8 Å². The molecule has 0 aliphatic carbocycles. The van der Waals surface area contributed by atoms with E-state index in [2.05, 4.69) is 26.7 Å². The first-order chi connectivity index (χ1) is 18.1. The number of aromatic nitrogens is 2. The molecule has 0 radical (unpaired) electrons. The number of nitrogens with zero attached hydrogens (tertiary/aromatic N) is 3. The molecule has 0 saturated heterocycles. The Bertz CT molecular complexity index is 1430. The molecule has 0 bridgehead atoms. The lowest BCUT2D eigenvalue weighted by atomic mass is 10.0. The molecule has 0 atom stereocenters. The Morgan fingerprint density at radius 2 is 1.86 bits per heavy atom. The van der Waals surface area contributed by atoms with Gasteiger partial charge in [-0.1, -0.05) is 36.4 Å². The van der Waals surface area contributed by atoms with Crippen LogP contribution in [0.25, 0.3) is 11.3 Å². The van der Waals surface area contributed by atoms with Crippen LogP contribution in [0.4, 0.5) is 10.2 Å². The normalized spacial score (nSPS) is 10.5. The highest BCUT2D eigenvalue weighted by atomic mass is 19.1. The highest BCUT2D eigenvalue weighted by Gasteiger charge is 2.16. The fraction of sp³-hybridized carbons (Fsp3) is 0.172. The van der Waals surface area contributed by atoms with E-state index in [9.17, 15) is 14.4 Å². The fourth-order valence-corrected chi connectivity index (χ4v) is 4.02. The molecule has 4 N–H and O–H groups in total. The number of nitrogens with one attached hydrogen (secondary N) is 2. The standard InChI is InChI=1S/C29H27FN6O/c30-23-8-3-5-20(17-23)12-15-34-28-25(10-11-27(36-28)24-9-2-1-6-21(24)18-31)29(37)35-16-13-26-22(19-32)7-4-14-33-26/h1-11,14,17H,12-13,15-16,19,32H2,(H,34,36)(H,35,37). The van der Waals surface area contributed by atoms with Crippen LogP contribution in [-0.4, -0.2) is 29.0 Å². The van der Waals surface area contributed by atoms with Crippen LogP contribution < -0.4 is 16.4 Å². The van der Waals surface area contributed by atoms with Crippen LogP contribution in [0.15, 0.2) is 79.0 Å². The molecule has 2 heterocycles. The van der Waals surface area contributed by atoms with E-state index in [4.69, 9.17) is 5.73 Å². The van der Waals surface area contributed by atoms with E-state index in [1.165, 1.54) is 12.1 Å². The van der Waals surface area contributed by atoms with Crippen molar-refractivity contribution in [2.45, 2.75) is 19.4 Å². The van der Waals surface area contributed by atoms with Crippen LogP contribution in [0.5, 0.6) is 0 Å². The Morgan fingerprint density at radius 3 is 2.68 bits per heavy atom. The summed E-state index contributed by atoms with van der Waals surface area (Å²) in [5, 5.41) is 15.7. The van der Waals surface area contributed by atoms with Crippen LogP contribution in [0, 0.1) is 17.1 Å². The molecule has 186 valence electrons. The summed E-state index contributed by atoms with van der Waals surface area (Å²) in [6.45, 7) is 1.20. The maximum absolute atomic E-state index is 13.6. The van der Waals surface area contributed by atoms with Gasteiger partial charge in [-0.3, -0.25) is 9.78 Å². The molecule has 2 aromatic carbocycles. The summed E-state index contributed by atoms with van der Waals surface area (Å²) < 4.78 is 13.6. The van der Waals surface area contributed by atoms with E-state index < -0.39 is 0 Å². The SMILES string of the molecule is N#Cc1ccccc1-c1ccc(C(=O)NCCc2ncccc2CN)c(NCCc2cccc(F)c2)n1. The molecule has 0 saturated carbocycles. The fourth-order valence-electron chi connectivity index (χ4n) is 4.02. The number of hydrogen-bond donors (Lipinski definition) is 3. The maximum Gasteiger partial charge on any atom is 0.255 e. The monoisotopic (exact) mass is 494 g/mol. The van der Waals surface area contributed by atoms with E-state index in [1.807, 2.05) is 30.3 Å². The van der Waals surface area contributed by atoms with Gasteiger partial charge in [-0.05, 0) is 53.9 Å². The molecule has 1 amide bonds. The summed E-state index contributed by atoms with van der Waals surface area (Å²) >= 11 is 0. The minimum absolute atomic E-state index is 0.286. The summed E-state index contributed by atoms with van der Waals surface area (Å²) in [6, 6.07) is 22.9. The van der Waals surface area contributed by atoms with E-state index in [-0.39, 0.29) is 11.7 Å².